The van der Waals surface area contributed by atoms with Crippen LogP contribution in [0.2, 0.25) is 0 Å². The third-order valence-electron chi connectivity index (χ3n) is 23.9. The first kappa shape index (κ1) is 86.7. The fourth-order valence-electron chi connectivity index (χ4n) is 17.6. The monoisotopic (exact) mass is 1610 g/mol. The molecule has 17 N–H and O–H groups in total. The van der Waals surface area contributed by atoms with Crippen molar-refractivity contribution in [1.82, 2.24) is 34.4 Å². The van der Waals surface area contributed by atoms with Crippen LogP contribution in [-0.4, -0.2) is 190 Å². The number of ether oxygens (including phenoxy) is 2. The quantitative estimate of drug-likeness (QED) is 0.0221. The molecule has 19 atom stereocenters. The van der Waals surface area contributed by atoms with Gasteiger partial charge >= 0.3 is 16.8 Å². The molecule has 7 aliphatic heterocycles. The minimum Gasteiger partial charge on any atom is -0.756 e. The van der Waals surface area contributed by atoms with E-state index in [0.717, 1.165) is 11.1 Å². The summed E-state index contributed by atoms with van der Waals surface area (Å²) in [6.07, 6.45) is -5.41. The van der Waals surface area contributed by atoms with Gasteiger partial charge in [0.15, 0.2) is 29.4 Å². The number of carbonyl (C=O) groups is 7. The number of aliphatic hydroxyl groups excluding tert-OH is 4. The van der Waals surface area contributed by atoms with E-state index in [-0.39, 0.29) is 94.0 Å². The first-order valence-corrected chi connectivity index (χ1v) is 38.2. The smallest absolute Gasteiger partial charge is 0.756 e. The van der Waals surface area contributed by atoms with Gasteiger partial charge in [-0.2, -0.15) is 5.70 Å². The number of aliphatic hydroxyl groups is 4. The third kappa shape index (κ3) is 16.8. The van der Waals surface area contributed by atoms with Gasteiger partial charge in [0, 0.05) is 122 Å². The van der Waals surface area contributed by atoms with E-state index in [0.29, 0.717) is 73.4 Å². The number of hydrogen-bond acceptors (Lipinski definition) is 25. The number of fused-ring (bicyclic) bond motifs is 8. The van der Waals surface area contributed by atoms with Crippen LogP contribution in [0.25, 0.3) is 27.5 Å². The van der Waals surface area contributed by atoms with E-state index in [2.05, 4.69) is 32.2 Å². The molecule has 111 heavy (non-hydrogen) atoms. The second-order valence-electron chi connectivity index (χ2n) is 32.0. The number of aromatic nitrogens is 6. The van der Waals surface area contributed by atoms with E-state index in [4.69, 9.17) is 73.2 Å². The number of carbonyl (C=O) groups excluding carboxylic acids is 7. The zero-order chi connectivity index (χ0) is 81.1. The van der Waals surface area contributed by atoms with E-state index >= 15 is 0 Å². The molecule has 1 aromatic carbocycles. The van der Waals surface area contributed by atoms with Crippen LogP contribution in [0.5, 0.6) is 0 Å². The van der Waals surface area contributed by atoms with Crippen LogP contribution in [0.1, 0.15) is 157 Å². The summed E-state index contributed by atoms with van der Waals surface area (Å²) in [5, 5.41) is 49.9. The summed E-state index contributed by atoms with van der Waals surface area (Å²) >= 11 is 0. The van der Waals surface area contributed by atoms with Crippen molar-refractivity contribution in [3.8, 4) is 0 Å². The van der Waals surface area contributed by atoms with Gasteiger partial charge < -0.3 is 105 Å². The number of nitrogens with one attached hydrogen (secondary N) is 1. The number of hydrogen-bond donors (Lipinski definition) is 11. The van der Waals surface area contributed by atoms with E-state index < -0.39 is 168 Å². The van der Waals surface area contributed by atoms with Crippen molar-refractivity contribution >= 4 is 94.3 Å². The molecule has 1 unspecified atom stereocenters. The molecule has 0 spiro atoms. The van der Waals surface area contributed by atoms with E-state index in [1.807, 2.05) is 99.5 Å². The molecule has 0 aliphatic carbocycles. The van der Waals surface area contributed by atoms with Crippen molar-refractivity contribution < 1.29 is 98.7 Å². The Morgan fingerprint density at radius 3 is 1.93 bits per heavy atom. The number of aliphatic imine (C=N–C) groups is 3. The molecule has 0 saturated carbocycles. The van der Waals surface area contributed by atoms with Crippen LogP contribution in [0.3, 0.4) is 0 Å². The minimum atomic E-state index is -5.32. The predicted octanol–water partition coefficient (Wildman–Crippen LogP) is 2.66. The van der Waals surface area contributed by atoms with Gasteiger partial charge in [-0.3, -0.25) is 57.7 Å². The van der Waals surface area contributed by atoms with Gasteiger partial charge in [-0.05, 0) is 125 Å². The standard InChI is InChI=1S/C62H90N13O14P.C12H16N5O3.Co/c1-29-20-39-40(21-30(29)2)75(28-70-39)57-52(84)53(41(27-76)87-57)89-90(85,86)88-31(3)26-69-49(83)18-19-59(8)37(22-46(66)80)56-62(11)61(10,25-48(68)82)36(14-17-45(65)79)51(74-62)33(5)55-60(9,24-47(67)81)34(12-15-43(63)77)38(71-55)23-42-58(6,7)35(13-16-44(64)78)50(72-42)32(4)54(59)73-56;1-6-8(18)9(19)12(20-6)17-5-15-7-10(16(2)3)13-4-14-11(7)17;/h20-21,23,28,31,34-37,41,52-53,56-57,76,84H,12-19,22,24-27H2,1-11H3,(H15,63,64,65,66,67,68,69,71,72,73,74,77,78,79,80,81,82,83,85,86);4-6,8-9,12,18-19H,1H2,2-3H3;/q;-1;+2/p-2/t31-,34-,35-,36-,37+,41-,52-,53-,56-,57+,59-,60+,61+,62+;6-,8-,9-,12-;/m11./s1/i;1+1;. The molecule has 3 aromatic heterocycles. The normalized spacial score (nSPS) is 33.2. The van der Waals surface area contributed by atoms with Crippen LogP contribution in [0.4, 0.5) is 5.82 Å². The van der Waals surface area contributed by atoms with Gasteiger partial charge in [0.05, 0.1) is 53.7 Å². The number of phosphoric acid groups is 1. The molecule has 37 heteroatoms. The number of benzene rings is 1. The fourth-order valence-corrected chi connectivity index (χ4v) is 18.8. The van der Waals surface area contributed by atoms with E-state index in [9.17, 15) is 63.4 Å². The molecule has 7 amide bonds. The molecule has 3 fully saturated rings. The number of nitrogens with two attached hydrogens (primary N) is 6. The van der Waals surface area contributed by atoms with Crippen LogP contribution in [0.15, 0.2) is 80.4 Å². The maximum Gasteiger partial charge on any atom is 2.00 e. The number of amides is 7. The Hall–Kier alpha value is -8.26. The van der Waals surface area contributed by atoms with Gasteiger partial charge in [-0.25, -0.2) is 19.9 Å². The number of imidazole rings is 2. The molecule has 4 aromatic rings. The van der Waals surface area contributed by atoms with Crippen LogP contribution >= 0.6 is 7.82 Å². The predicted molar refractivity (Wildman–Crippen MR) is 403 cm³/mol. The Kier molecular flexibility index (Phi) is 25.8. The van der Waals surface area contributed by atoms with Crippen molar-refractivity contribution in [2.24, 2.45) is 94.7 Å². The molecule has 3 saturated heterocycles. The van der Waals surface area contributed by atoms with Crippen LogP contribution < -0.4 is 49.5 Å². The summed E-state index contributed by atoms with van der Waals surface area (Å²) in [6, 6.07) is 2.65. The van der Waals surface area contributed by atoms with Crippen molar-refractivity contribution in [3.05, 3.63) is 88.8 Å². The van der Waals surface area contributed by atoms with Gasteiger partial charge in [-0.15, -0.1) is 0 Å². The molecule has 1 radical (unpaired) electrons. The van der Waals surface area contributed by atoms with Gasteiger partial charge in [0.2, 0.25) is 41.4 Å². The first-order valence-electron chi connectivity index (χ1n) is 36.7. The second kappa shape index (κ2) is 33.1. The SMILES string of the molecule is C/C1=C2/[N-][C@H]([C@H](CC(N)=O)[C@@]2(C)CCC(=O)NC[C@@H](C)OP(=O)([O-])O[C@H]2[C@@H](O)[C@@H](n3cnc4cc(C)c(C)cc43)O[C@@H]2CO)[C@]2(C)N=C(/C(C)=C3N=C(/C=C4N=C1[C@@H](CCC(N)=O)C\4(C)C)[C@@H](CCC(N)=O)[C@]\3(C)CC(N)=O)[C@@H](CCC(N)=O)[C@]2(C)CC(N)=O.CN(C)c1ncnc2c1ncn2[C@@H]1O[C@H]([13CH2-])[C@@H](O)[C@H]1O.[Co+2]. The molecule has 11 rings (SSSR count). The number of aryl methyl sites for hydroxylation is 2. The Labute approximate surface area is 653 Å². The van der Waals surface area contributed by atoms with Crippen molar-refractivity contribution in [2.75, 3.05) is 32.1 Å². The van der Waals surface area contributed by atoms with Gasteiger partial charge in [-0.1, -0.05) is 40.7 Å². The molecule has 35 nitrogen and oxygen atoms in total. The maximum absolute atomic E-state index is 14.4. The second-order valence-corrected chi connectivity index (χ2v) is 33.3. The summed E-state index contributed by atoms with van der Waals surface area (Å²) < 4.78 is 38.9. The average Bonchev–Trinajstić information content (AvgIpc) is 1.53. The third-order valence-corrected chi connectivity index (χ3v) is 25.0. The van der Waals surface area contributed by atoms with Crippen molar-refractivity contribution in [2.45, 2.75) is 214 Å². The molecular formula is C74H104CoN18O17P-. The Balaban J connectivity index is 0.000000578. The zero-order valence-electron chi connectivity index (χ0n) is 64.7. The number of anilines is 1. The summed E-state index contributed by atoms with van der Waals surface area (Å²) in [6.45, 7) is 22.6. The number of phosphoric ester groups is 1. The summed E-state index contributed by atoms with van der Waals surface area (Å²) in [5.41, 5.74) is 37.8. The summed E-state index contributed by atoms with van der Waals surface area (Å²) in [7, 11) is -1.60. The van der Waals surface area contributed by atoms with E-state index in [1.54, 1.807) is 11.5 Å². The Morgan fingerprint density at radius 2 is 1.34 bits per heavy atom. The van der Waals surface area contributed by atoms with Crippen molar-refractivity contribution in [3.63, 3.8) is 0 Å². The number of primary amides is 6. The Bertz CT molecular complexity index is 4580. The van der Waals surface area contributed by atoms with E-state index in [1.165, 1.54) is 30.5 Å². The first-order chi connectivity index (χ1) is 51.3. The molecular weight excluding hydrogens is 1500 g/mol. The fraction of sp³-hybridized carbons (Fsp3) is 0.608. The van der Waals surface area contributed by atoms with Gasteiger partial charge in [0.1, 0.15) is 30.7 Å². The number of nitrogens with zero attached hydrogens (tertiary/aromatic N) is 11. The summed E-state index contributed by atoms with van der Waals surface area (Å²) in [4.78, 5) is 142. The minimum absolute atomic E-state index is 0. The van der Waals surface area contributed by atoms with Crippen molar-refractivity contribution in [1.29, 1.82) is 0 Å². The largest absolute Gasteiger partial charge is 2.00 e. The van der Waals surface area contributed by atoms with Crippen LogP contribution in [0, 0.1) is 66.1 Å². The molecule has 8 bridgehead atoms. The maximum atomic E-state index is 14.4. The number of rotatable bonds is 28. The zero-order valence-corrected chi connectivity index (χ0v) is 66.6. The molecule has 607 valence electrons. The molecule has 10 heterocycles. The Morgan fingerprint density at radius 1 is 0.739 bits per heavy atom. The van der Waals surface area contributed by atoms with Crippen LogP contribution in [-0.2, 0) is 73.4 Å². The molecule has 7 aliphatic rings. The number of allylic oxidation sites excluding steroid dienone is 6. The average molecular weight is 1610 g/mol. The topological polar surface area (TPSA) is 561 Å². The van der Waals surface area contributed by atoms with Gasteiger partial charge in [0.25, 0.3) is 7.82 Å². The summed E-state index contributed by atoms with van der Waals surface area (Å²) in [5.74, 6) is -6.73.